The lowest BCUT2D eigenvalue weighted by Crippen LogP contribution is -2.56. The summed E-state index contributed by atoms with van der Waals surface area (Å²) in [6, 6.07) is -1.38. The van der Waals surface area contributed by atoms with E-state index in [1.165, 1.54) is 11.8 Å². The van der Waals surface area contributed by atoms with Crippen molar-refractivity contribution in [3.8, 4) is 0 Å². The van der Waals surface area contributed by atoms with E-state index in [1.54, 1.807) is 0 Å². The molecule has 1 saturated heterocycles. The van der Waals surface area contributed by atoms with Gasteiger partial charge in [0.2, 0.25) is 0 Å². The third-order valence-corrected chi connectivity index (χ3v) is 3.94. The highest BCUT2D eigenvalue weighted by atomic mass is 19.4. The van der Waals surface area contributed by atoms with Gasteiger partial charge in [0, 0.05) is 39.3 Å². The van der Waals surface area contributed by atoms with E-state index >= 15 is 0 Å². The first-order chi connectivity index (χ1) is 10.3. The lowest BCUT2D eigenvalue weighted by molar-refractivity contribution is -0.181. The van der Waals surface area contributed by atoms with Gasteiger partial charge in [0.05, 0.1) is 0 Å². The van der Waals surface area contributed by atoms with Crippen molar-refractivity contribution >= 4 is 5.96 Å². The number of hydrogen-bond acceptors (Lipinski definition) is 2. The van der Waals surface area contributed by atoms with E-state index in [1.807, 2.05) is 6.92 Å². The number of nitrogens with zero attached hydrogens (tertiary/aromatic N) is 3. The van der Waals surface area contributed by atoms with Crippen molar-refractivity contribution in [2.45, 2.75) is 46.3 Å². The molecule has 0 aliphatic carbocycles. The highest BCUT2D eigenvalue weighted by Crippen LogP contribution is 2.25. The van der Waals surface area contributed by atoms with Gasteiger partial charge in [-0.15, -0.1) is 0 Å². The monoisotopic (exact) mass is 322 g/mol. The summed E-state index contributed by atoms with van der Waals surface area (Å²) in [6.07, 6.45) is -3.14. The highest BCUT2D eigenvalue weighted by Gasteiger charge is 2.41. The minimum absolute atomic E-state index is 0.412. The maximum absolute atomic E-state index is 12.8. The molecular formula is C15H29F3N4. The van der Waals surface area contributed by atoms with Crippen molar-refractivity contribution < 1.29 is 13.2 Å². The van der Waals surface area contributed by atoms with Gasteiger partial charge >= 0.3 is 6.18 Å². The molecule has 1 heterocycles. The Hall–Kier alpha value is -0.980. The van der Waals surface area contributed by atoms with Gasteiger partial charge in [0.15, 0.2) is 5.96 Å². The van der Waals surface area contributed by atoms with E-state index in [2.05, 4.69) is 29.1 Å². The Morgan fingerprint density at radius 1 is 1.14 bits per heavy atom. The van der Waals surface area contributed by atoms with Crippen LogP contribution in [0.2, 0.25) is 0 Å². The fourth-order valence-electron chi connectivity index (χ4n) is 2.38. The van der Waals surface area contributed by atoms with E-state index in [0.29, 0.717) is 32.1 Å². The summed E-state index contributed by atoms with van der Waals surface area (Å²) in [5.41, 5.74) is 0. The predicted octanol–water partition coefficient (Wildman–Crippen LogP) is 2.57. The first-order valence-corrected chi connectivity index (χ1v) is 8.09. The lowest BCUT2D eigenvalue weighted by atomic mass is 10.1. The maximum atomic E-state index is 12.8. The quantitative estimate of drug-likeness (QED) is 0.623. The number of alkyl halides is 3. The van der Waals surface area contributed by atoms with Crippen LogP contribution in [-0.4, -0.2) is 67.2 Å². The van der Waals surface area contributed by atoms with Crippen LogP contribution < -0.4 is 5.32 Å². The Bertz CT molecular complexity index is 347. The molecule has 1 fully saturated rings. The molecule has 1 N–H and O–H groups in total. The summed E-state index contributed by atoms with van der Waals surface area (Å²) in [4.78, 5) is 8.14. The van der Waals surface area contributed by atoms with Crippen molar-refractivity contribution in [1.82, 2.24) is 15.1 Å². The second kappa shape index (κ2) is 8.60. The Morgan fingerprint density at radius 2 is 1.73 bits per heavy atom. The second-order valence-corrected chi connectivity index (χ2v) is 6.16. The zero-order valence-electron chi connectivity index (χ0n) is 14.1. The molecule has 0 aromatic rings. The Kier molecular flexibility index (Phi) is 7.45. The van der Waals surface area contributed by atoms with Gasteiger partial charge in [-0.3, -0.25) is 9.89 Å². The topological polar surface area (TPSA) is 30.9 Å². The molecule has 0 amide bonds. The highest BCUT2D eigenvalue weighted by molar-refractivity contribution is 5.80. The van der Waals surface area contributed by atoms with Crippen molar-refractivity contribution in [1.29, 1.82) is 0 Å². The number of halogens is 3. The number of piperazine rings is 1. The van der Waals surface area contributed by atoms with Crippen LogP contribution in [0.1, 0.15) is 34.1 Å². The fourth-order valence-corrected chi connectivity index (χ4v) is 2.38. The molecular weight excluding hydrogens is 293 g/mol. The summed E-state index contributed by atoms with van der Waals surface area (Å²) < 4.78 is 38.3. The zero-order chi connectivity index (χ0) is 16.8. The zero-order valence-corrected chi connectivity index (χ0v) is 14.1. The van der Waals surface area contributed by atoms with Crippen LogP contribution in [0.3, 0.4) is 0 Å². The van der Waals surface area contributed by atoms with Crippen LogP contribution in [-0.2, 0) is 0 Å². The van der Waals surface area contributed by atoms with Gasteiger partial charge in [-0.2, -0.15) is 13.2 Å². The van der Waals surface area contributed by atoms with Gasteiger partial charge in [-0.05, 0) is 26.2 Å². The molecule has 130 valence electrons. The van der Waals surface area contributed by atoms with Crippen LogP contribution in [0.4, 0.5) is 13.2 Å². The molecule has 0 aromatic heterocycles. The van der Waals surface area contributed by atoms with Gasteiger partial charge in [-0.25, -0.2) is 0 Å². The van der Waals surface area contributed by atoms with E-state index in [4.69, 9.17) is 0 Å². The molecule has 7 heteroatoms. The number of nitrogens with one attached hydrogen (secondary N) is 1. The van der Waals surface area contributed by atoms with Crippen molar-refractivity contribution in [3.63, 3.8) is 0 Å². The normalized spacial score (nSPS) is 19.6. The molecule has 1 aliphatic rings. The SMILES string of the molecule is CCNC(=NCCC(C)C)N1CCN(C(C)C(F)(F)F)CC1. The van der Waals surface area contributed by atoms with Crippen LogP contribution >= 0.6 is 0 Å². The molecule has 1 rings (SSSR count). The summed E-state index contributed by atoms with van der Waals surface area (Å²) in [6.45, 7) is 11.0. The Labute approximate surface area is 131 Å². The third kappa shape index (κ3) is 6.02. The fraction of sp³-hybridized carbons (Fsp3) is 0.933. The van der Waals surface area contributed by atoms with Crippen molar-refractivity contribution in [2.24, 2.45) is 10.9 Å². The van der Waals surface area contributed by atoms with Crippen LogP contribution in [0.15, 0.2) is 4.99 Å². The molecule has 4 nitrogen and oxygen atoms in total. The second-order valence-electron chi connectivity index (χ2n) is 6.16. The summed E-state index contributed by atoms with van der Waals surface area (Å²) in [5.74, 6) is 1.42. The standard InChI is InChI=1S/C15H29F3N4/c1-5-19-14(20-7-6-12(2)3)22-10-8-21(9-11-22)13(4)15(16,17)18/h12-13H,5-11H2,1-4H3,(H,19,20). The van der Waals surface area contributed by atoms with E-state index < -0.39 is 12.2 Å². The lowest BCUT2D eigenvalue weighted by Gasteiger charge is -2.39. The molecule has 0 saturated carbocycles. The number of rotatable bonds is 5. The molecule has 0 spiro atoms. The average Bonchev–Trinajstić information content (AvgIpc) is 2.44. The van der Waals surface area contributed by atoms with E-state index in [0.717, 1.165) is 25.5 Å². The van der Waals surface area contributed by atoms with Gasteiger partial charge in [0.25, 0.3) is 0 Å². The van der Waals surface area contributed by atoms with Crippen LogP contribution in [0, 0.1) is 5.92 Å². The number of guanidine groups is 1. The number of aliphatic imine (C=N–C) groups is 1. The minimum atomic E-state index is -4.15. The first-order valence-electron chi connectivity index (χ1n) is 8.09. The number of hydrogen-bond donors (Lipinski definition) is 1. The van der Waals surface area contributed by atoms with E-state index in [9.17, 15) is 13.2 Å². The molecule has 0 radical (unpaired) electrons. The molecule has 1 atom stereocenters. The van der Waals surface area contributed by atoms with Gasteiger partial charge in [0.1, 0.15) is 6.04 Å². The first kappa shape index (κ1) is 19.1. The van der Waals surface area contributed by atoms with Gasteiger partial charge < -0.3 is 10.2 Å². The Morgan fingerprint density at radius 3 is 2.18 bits per heavy atom. The van der Waals surface area contributed by atoms with Gasteiger partial charge in [-0.1, -0.05) is 13.8 Å². The van der Waals surface area contributed by atoms with E-state index in [-0.39, 0.29) is 0 Å². The van der Waals surface area contributed by atoms with Crippen LogP contribution in [0.5, 0.6) is 0 Å². The Balaban J connectivity index is 2.55. The average molecular weight is 322 g/mol. The molecule has 0 bridgehead atoms. The van der Waals surface area contributed by atoms with Crippen molar-refractivity contribution in [2.75, 3.05) is 39.3 Å². The minimum Gasteiger partial charge on any atom is -0.357 e. The molecule has 1 aliphatic heterocycles. The summed E-state index contributed by atoms with van der Waals surface area (Å²) in [5, 5.41) is 3.24. The van der Waals surface area contributed by atoms with Crippen LogP contribution in [0.25, 0.3) is 0 Å². The molecule has 22 heavy (non-hydrogen) atoms. The largest absolute Gasteiger partial charge is 0.403 e. The maximum Gasteiger partial charge on any atom is 0.403 e. The molecule has 1 unspecified atom stereocenters. The molecule has 0 aromatic carbocycles. The smallest absolute Gasteiger partial charge is 0.357 e. The summed E-state index contributed by atoms with van der Waals surface area (Å²) in [7, 11) is 0. The third-order valence-electron chi connectivity index (χ3n) is 3.94. The predicted molar refractivity (Wildman–Crippen MR) is 84.1 cm³/mol. The summed E-state index contributed by atoms with van der Waals surface area (Å²) >= 11 is 0. The van der Waals surface area contributed by atoms with Crippen molar-refractivity contribution in [3.05, 3.63) is 0 Å².